The van der Waals surface area contributed by atoms with E-state index >= 15 is 0 Å². The van der Waals surface area contributed by atoms with Gasteiger partial charge in [0.2, 0.25) is 0 Å². The molecule has 0 radical (unpaired) electrons. The van der Waals surface area contributed by atoms with Gasteiger partial charge in [-0.1, -0.05) is 0 Å². The third-order valence-electron chi connectivity index (χ3n) is 5.98. The molecule has 0 saturated heterocycles. The fraction of sp³-hybridized carbons (Fsp3) is 0.524. The summed E-state index contributed by atoms with van der Waals surface area (Å²) in [7, 11) is 1.63. The maximum atomic E-state index is 12.5. The molecule has 2 aliphatic carbocycles. The number of amides is 1. The van der Waals surface area contributed by atoms with Crippen LogP contribution in [0.2, 0.25) is 0 Å². The summed E-state index contributed by atoms with van der Waals surface area (Å²) in [4.78, 5) is 37.1. The fourth-order valence-electron chi connectivity index (χ4n) is 4.34. The largest absolute Gasteiger partial charge is 0.349 e. The van der Waals surface area contributed by atoms with E-state index in [2.05, 4.69) is 10.4 Å². The van der Waals surface area contributed by atoms with Crippen LogP contribution >= 0.6 is 0 Å². The molecular weight excluding hydrogens is 356 g/mol. The minimum atomic E-state index is -0.325. The maximum absolute atomic E-state index is 12.5. The van der Waals surface area contributed by atoms with E-state index in [0.717, 1.165) is 62.6 Å². The van der Waals surface area contributed by atoms with E-state index in [4.69, 9.17) is 0 Å². The van der Waals surface area contributed by atoms with Crippen molar-refractivity contribution >= 4 is 5.91 Å². The zero-order valence-corrected chi connectivity index (χ0v) is 16.2. The normalized spacial score (nSPS) is 21.8. The summed E-state index contributed by atoms with van der Waals surface area (Å²) in [6, 6.07) is 5.11. The van der Waals surface area contributed by atoms with Crippen LogP contribution in [0.15, 0.2) is 34.0 Å². The van der Waals surface area contributed by atoms with E-state index in [-0.39, 0.29) is 34.7 Å². The number of nitrogens with zero attached hydrogens (tertiary/aromatic N) is 3. The van der Waals surface area contributed by atoms with E-state index in [1.807, 2.05) is 0 Å². The van der Waals surface area contributed by atoms with Gasteiger partial charge in [0.05, 0.1) is 11.7 Å². The topological polar surface area (TPSA) is 86.0 Å². The van der Waals surface area contributed by atoms with E-state index < -0.39 is 0 Å². The van der Waals surface area contributed by atoms with Gasteiger partial charge in [-0.05, 0) is 69.1 Å². The number of pyridine rings is 1. The van der Waals surface area contributed by atoms with Gasteiger partial charge in [0, 0.05) is 25.4 Å². The van der Waals surface area contributed by atoms with Crippen molar-refractivity contribution in [3.8, 4) is 0 Å². The molecular formula is C21H26N4O3. The van der Waals surface area contributed by atoms with Crippen molar-refractivity contribution < 1.29 is 4.79 Å². The second-order valence-electron chi connectivity index (χ2n) is 7.92. The van der Waals surface area contributed by atoms with Crippen LogP contribution in [-0.4, -0.2) is 26.3 Å². The molecule has 0 aromatic carbocycles. The maximum Gasteiger partial charge on any atom is 0.267 e. The SMILES string of the molecule is Cn1cccc(C(=O)NC2CCC(n3nc4c(cc3=O)CCCC4)CC2)c1=O. The average molecular weight is 382 g/mol. The number of carbonyl (C=O) groups is 1. The highest BCUT2D eigenvalue weighted by Gasteiger charge is 2.26. The Labute approximate surface area is 163 Å². The number of aromatic nitrogens is 3. The van der Waals surface area contributed by atoms with Gasteiger partial charge in [-0.15, -0.1) is 0 Å². The van der Waals surface area contributed by atoms with Crippen molar-refractivity contribution in [3.63, 3.8) is 0 Å². The molecule has 1 amide bonds. The molecule has 0 aliphatic heterocycles. The summed E-state index contributed by atoms with van der Waals surface area (Å²) in [5, 5.41) is 7.64. The summed E-state index contributed by atoms with van der Waals surface area (Å²) in [5.41, 5.74) is 2.04. The lowest BCUT2D eigenvalue weighted by atomic mass is 9.90. The monoisotopic (exact) mass is 382 g/mol. The smallest absolute Gasteiger partial charge is 0.267 e. The molecule has 2 aromatic rings. The lowest BCUT2D eigenvalue weighted by Crippen LogP contribution is -2.41. The Morgan fingerprint density at radius 3 is 2.68 bits per heavy atom. The first-order chi connectivity index (χ1) is 13.5. The molecule has 28 heavy (non-hydrogen) atoms. The number of rotatable bonds is 3. The van der Waals surface area contributed by atoms with Crippen LogP contribution in [0.3, 0.4) is 0 Å². The summed E-state index contributed by atoms with van der Waals surface area (Å²) in [6.45, 7) is 0. The summed E-state index contributed by atoms with van der Waals surface area (Å²) >= 11 is 0. The zero-order chi connectivity index (χ0) is 19.7. The number of carbonyl (C=O) groups excluding carboxylic acids is 1. The third-order valence-corrected chi connectivity index (χ3v) is 5.98. The summed E-state index contributed by atoms with van der Waals surface area (Å²) in [6.07, 6.45) is 8.94. The van der Waals surface area contributed by atoms with Crippen LogP contribution in [-0.2, 0) is 19.9 Å². The Morgan fingerprint density at radius 2 is 1.89 bits per heavy atom. The lowest BCUT2D eigenvalue weighted by molar-refractivity contribution is 0.0919. The molecule has 2 aromatic heterocycles. The Kier molecular flexibility index (Phi) is 5.15. The molecule has 1 fully saturated rings. The summed E-state index contributed by atoms with van der Waals surface area (Å²) < 4.78 is 3.06. The van der Waals surface area contributed by atoms with Crippen molar-refractivity contribution in [1.82, 2.24) is 19.7 Å². The van der Waals surface area contributed by atoms with Crippen LogP contribution in [0.4, 0.5) is 0 Å². The Balaban J connectivity index is 1.41. The van der Waals surface area contributed by atoms with Crippen LogP contribution in [0.25, 0.3) is 0 Å². The van der Waals surface area contributed by atoms with Gasteiger partial charge in [0.25, 0.3) is 17.0 Å². The van der Waals surface area contributed by atoms with Crippen molar-refractivity contribution in [2.45, 2.75) is 63.5 Å². The first-order valence-corrected chi connectivity index (χ1v) is 10.1. The molecule has 2 aliphatic rings. The number of aryl methyl sites for hydroxylation is 3. The minimum Gasteiger partial charge on any atom is -0.349 e. The standard InChI is InChI=1S/C21H26N4O3/c1-24-12-4-6-17(21(24)28)20(27)22-15-8-10-16(11-9-15)25-19(26)13-14-5-2-3-7-18(14)23-25/h4,6,12-13,15-16H,2-3,5,7-11H2,1H3,(H,22,27). The van der Waals surface area contributed by atoms with Gasteiger partial charge in [0.15, 0.2) is 0 Å². The van der Waals surface area contributed by atoms with Gasteiger partial charge >= 0.3 is 0 Å². The molecule has 1 saturated carbocycles. The number of hydrogen-bond acceptors (Lipinski definition) is 4. The van der Waals surface area contributed by atoms with Crippen molar-refractivity contribution in [2.24, 2.45) is 7.05 Å². The highest BCUT2D eigenvalue weighted by atomic mass is 16.2. The average Bonchev–Trinajstić information content (AvgIpc) is 2.70. The fourth-order valence-corrected chi connectivity index (χ4v) is 4.34. The second-order valence-corrected chi connectivity index (χ2v) is 7.92. The second kappa shape index (κ2) is 7.73. The third kappa shape index (κ3) is 3.66. The molecule has 0 spiro atoms. The number of nitrogens with one attached hydrogen (secondary N) is 1. The zero-order valence-electron chi connectivity index (χ0n) is 16.2. The van der Waals surface area contributed by atoms with Crippen LogP contribution in [0.1, 0.15) is 66.2 Å². The molecule has 0 bridgehead atoms. The van der Waals surface area contributed by atoms with Gasteiger partial charge in [0.1, 0.15) is 5.56 Å². The number of hydrogen-bond donors (Lipinski definition) is 1. The van der Waals surface area contributed by atoms with Crippen LogP contribution in [0, 0.1) is 0 Å². The molecule has 7 nitrogen and oxygen atoms in total. The van der Waals surface area contributed by atoms with Gasteiger partial charge in [-0.3, -0.25) is 14.4 Å². The highest BCUT2D eigenvalue weighted by molar-refractivity contribution is 5.93. The Morgan fingerprint density at radius 1 is 1.14 bits per heavy atom. The highest BCUT2D eigenvalue weighted by Crippen LogP contribution is 2.28. The van der Waals surface area contributed by atoms with E-state index in [0.29, 0.717) is 0 Å². The molecule has 0 atom stereocenters. The molecule has 1 N–H and O–H groups in total. The van der Waals surface area contributed by atoms with Crippen LogP contribution < -0.4 is 16.4 Å². The van der Waals surface area contributed by atoms with E-state index in [1.165, 1.54) is 4.57 Å². The predicted molar refractivity (Wildman–Crippen MR) is 106 cm³/mol. The van der Waals surface area contributed by atoms with Gasteiger partial charge in [-0.25, -0.2) is 4.68 Å². The first kappa shape index (κ1) is 18.7. The molecule has 0 unspecified atom stereocenters. The molecule has 148 valence electrons. The van der Waals surface area contributed by atoms with E-state index in [9.17, 15) is 14.4 Å². The Hall–Kier alpha value is -2.70. The lowest BCUT2D eigenvalue weighted by Gasteiger charge is -2.30. The molecule has 7 heteroatoms. The first-order valence-electron chi connectivity index (χ1n) is 10.1. The predicted octanol–water partition coefficient (Wildman–Crippen LogP) is 1.73. The quantitative estimate of drug-likeness (QED) is 0.876. The van der Waals surface area contributed by atoms with E-state index in [1.54, 1.807) is 36.1 Å². The van der Waals surface area contributed by atoms with Crippen LogP contribution in [0.5, 0.6) is 0 Å². The summed E-state index contributed by atoms with van der Waals surface area (Å²) in [5.74, 6) is -0.325. The van der Waals surface area contributed by atoms with Gasteiger partial charge in [-0.2, -0.15) is 5.10 Å². The van der Waals surface area contributed by atoms with Gasteiger partial charge < -0.3 is 9.88 Å². The van der Waals surface area contributed by atoms with Crippen molar-refractivity contribution in [3.05, 3.63) is 61.9 Å². The van der Waals surface area contributed by atoms with Crippen molar-refractivity contribution in [2.75, 3.05) is 0 Å². The van der Waals surface area contributed by atoms with Crippen molar-refractivity contribution in [1.29, 1.82) is 0 Å². The minimum absolute atomic E-state index is 0.0130. The molecule has 2 heterocycles. The molecule has 4 rings (SSSR count). The number of fused-ring (bicyclic) bond motifs is 1. The Bertz CT molecular complexity index is 999.